The minimum absolute atomic E-state index is 0.599. The first-order chi connectivity index (χ1) is 7.46. The van der Waals surface area contributed by atoms with E-state index >= 15 is 0 Å². The van der Waals surface area contributed by atoms with Crippen molar-refractivity contribution in [2.75, 3.05) is 0 Å². The molecule has 0 bridgehead atoms. The second-order valence-corrected chi connectivity index (χ2v) is 7.08. The van der Waals surface area contributed by atoms with Crippen LogP contribution in [0.3, 0.4) is 0 Å². The van der Waals surface area contributed by atoms with Crippen molar-refractivity contribution < 1.29 is 0 Å². The van der Waals surface area contributed by atoms with Crippen LogP contribution in [-0.4, -0.2) is 0 Å². The van der Waals surface area contributed by atoms with Crippen LogP contribution in [0.4, 0.5) is 0 Å². The fourth-order valence-electron chi connectivity index (χ4n) is 3.16. The maximum atomic E-state index is 2.48. The van der Waals surface area contributed by atoms with Crippen LogP contribution in [0.15, 0.2) is 0 Å². The van der Waals surface area contributed by atoms with E-state index in [-0.39, 0.29) is 0 Å². The largest absolute Gasteiger partial charge is 0.0654 e. The van der Waals surface area contributed by atoms with Crippen molar-refractivity contribution >= 4 is 0 Å². The minimum atomic E-state index is 0.599. The van der Waals surface area contributed by atoms with Gasteiger partial charge in [-0.1, -0.05) is 60.3 Å². The van der Waals surface area contributed by atoms with Gasteiger partial charge in [0.15, 0.2) is 0 Å². The molecule has 1 aliphatic carbocycles. The molecule has 0 amide bonds. The Labute approximate surface area is 103 Å². The molecular weight excluding hydrogens is 192 g/mol. The fourth-order valence-corrected chi connectivity index (χ4v) is 3.16. The summed E-state index contributed by atoms with van der Waals surface area (Å²) in [6.45, 7) is 12.0. The van der Waals surface area contributed by atoms with Crippen LogP contribution >= 0.6 is 0 Å². The van der Waals surface area contributed by atoms with Gasteiger partial charge in [0.2, 0.25) is 0 Å². The molecule has 96 valence electrons. The van der Waals surface area contributed by atoms with Gasteiger partial charge in [-0.2, -0.15) is 0 Å². The topological polar surface area (TPSA) is 0 Å². The molecule has 0 aromatic carbocycles. The smallest absolute Gasteiger partial charge is 0.0351 e. The van der Waals surface area contributed by atoms with Crippen molar-refractivity contribution in [1.82, 2.24) is 0 Å². The van der Waals surface area contributed by atoms with Gasteiger partial charge in [0.25, 0.3) is 0 Å². The van der Waals surface area contributed by atoms with E-state index in [2.05, 4.69) is 34.6 Å². The summed E-state index contributed by atoms with van der Waals surface area (Å²) in [4.78, 5) is 0. The molecule has 0 saturated heterocycles. The quantitative estimate of drug-likeness (QED) is 0.466. The molecule has 0 aliphatic heterocycles. The first-order valence-corrected chi connectivity index (χ1v) is 7.46. The Hall–Kier alpha value is 0. The lowest BCUT2D eigenvalue weighted by Gasteiger charge is -2.25. The lowest BCUT2D eigenvalue weighted by Crippen LogP contribution is -2.13. The second kappa shape index (κ2) is 6.07. The van der Waals surface area contributed by atoms with Crippen LogP contribution in [0, 0.1) is 23.2 Å². The highest BCUT2D eigenvalue weighted by Crippen LogP contribution is 2.51. The molecule has 0 aromatic heterocycles. The van der Waals surface area contributed by atoms with Crippen molar-refractivity contribution in [3.63, 3.8) is 0 Å². The highest BCUT2D eigenvalue weighted by molar-refractivity contribution is 4.91. The maximum Gasteiger partial charge on any atom is -0.0351 e. The van der Waals surface area contributed by atoms with Crippen LogP contribution in [0.2, 0.25) is 0 Å². The zero-order valence-corrected chi connectivity index (χ0v) is 12.2. The zero-order valence-electron chi connectivity index (χ0n) is 12.2. The molecule has 1 rings (SSSR count). The molecule has 0 heterocycles. The van der Waals surface area contributed by atoms with Crippen molar-refractivity contribution in [1.29, 1.82) is 0 Å². The fraction of sp³-hybridized carbons (Fsp3) is 1.00. The highest BCUT2D eigenvalue weighted by Gasteiger charge is 2.41. The lowest BCUT2D eigenvalue weighted by atomic mass is 9.81. The van der Waals surface area contributed by atoms with E-state index in [0.29, 0.717) is 5.41 Å². The van der Waals surface area contributed by atoms with E-state index in [1.54, 1.807) is 0 Å². The first kappa shape index (κ1) is 14.1. The van der Waals surface area contributed by atoms with Gasteiger partial charge in [-0.3, -0.25) is 0 Å². The number of hydrogen-bond donors (Lipinski definition) is 0. The molecule has 2 unspecified atom stereocenters. The molecule has 0 radical (unpaired) electrons. The third-order valence-corrected chi connectivity index (χ3v) is 4.36. The third-order valence-electron chi connectivity index (χ3n) is 4.36. The monoisotopic (exact) mass is 224 g/mol. The molecule has 0 aromatic rings. The van der Waals surface area contributed by atoms with Crippen molar-refractivity contribution in [3.05, 3.63) is 0 Å². The molecule has 0 nitrogen and oxygen atoms in total. The Morgan fingerprint density at radius 2 is 1.81 bits per heavy atom. The van der Waals surface area contributed by atoms with Crippen molar-refractivity contribution in [2.24, 2.45) is 23.2 Å². The summed E-state index contributed by atoms with van der Waals surface area (Å²) in [6, 6.07) is 0. The van der Waals surface area contributed by atoms with E-state index in [9.17, 15) is 0 Å². The van der Waals surface area contributed by atoms with Gasteiger partial charge in [0.1, 0.15) is 0 Å². The molecule has 2 atom stereocenters. The normalized spacial score (nSPS) is 25.1. The van der Waals surface area contributed by atoms with Gasteiger partial charge < -0.3 is 0 Å². The van der Waals surface area contributed by atoms with E-state index in [1.807, 2.05) is 0 Å². The maximum absolute atomic E-state index is 2.48. The molecule has 1 saturated carbocycles. The summed E-state index contributed by atoms with van der Waals surface area (Å²) in [5, 5.41) is 0. The Morgan fingerprint density at radius 1 is 1.12 bits per heavy atom. The third kappa shape index (κ3) is 4.89. The van der Waals surface area contributed by atoms with Crippen LogP contribution in [0.1, 0.15) is 79.6 Å². The Morgan fingerprint density at radius 3 is 2.31 bits per heavy atom. The van der Waals surface area contributed by atoms with Gasteiger partial charge in [-0.25, -0.2) is 0 Å². The molecule has 0 N–H and O–H groups in total. The summed E-state index contributed by atoms with van der Waals surface area (Å²) in [7, 11) is 0. The Bertz CT molecular complexity index is 190. The van der Waals surface area contributed by atoms with Crippen LogP contribution in [-0.2, 0) is 0 Å². The van der Waals surface area contributed by atoms with E-state index in [1.165, 1.54) is 44.9 Å². The van der Waals surface area contributed by atoms with Crippen molar-refractivity contribution in [2.45, 2.75) is 79.6 Å². The number of unbranched alkanes of at least 4 members (excludes halogenated alkanes) is 3. The minimum Gasteiger partial charge on any atom is -0.0654 e. The summed E-state index contributed by atoms with van der Waals surface area (Å²) < 4.78 is 0. The van der Waals surface area contributed by atoms with Gasteiger partial charge in [-0.15, -0.1) is 0 Å². The van der Waals surface area contributed by atoms with E-state index < -0.39 is 0 Å². The molecule has 0 heteroatoms. The summed E-state index contributed by atoms with van der Waals surface area (Å²) in [5.41, 5.74) is 0.599. The highest BCUT2D eigenvalue weighted by atomic mass is 14.5. The zero-order chi connectivity index (χ0) is 12.2. The standard InChI is InChI=1S/C16H32/c1-6-7-8-9-10-16(4,5)12-14-11-15(14)13(2)3/h13-15H,6-12H2,1-5H3. The Kier molecular flexibility index (Phi) is 5.34. The van der Waals surface area contributed by atoms with Crippen LogP contribution in [0.25, 0.3) is 0 Å². The van der Waals surface area contributed by atoms with Crippen LogP contribution < -0.4 is 0 Å². The van der Waals surface area contributed by atoms with Gasteiger partial charge in [-0.05, 0) is 42.4 Å². The molecule has 0 spiro atoms. The summed E-state index contributed by atoms with van der Waals surface area (Å²) in [6.07, 6.45) is 10.1. The van der Waals surface area contributed by atoms with E-state index in [0.717, 1.165) is 17.8 Å². The molecule has 1 fully saturated rings. The van der Waals surface area contributed by atoms with Gasteiger partial charge in [0, 0.05) is 0 Å². The molecular formula is C16H32. The SMILES string of the molecule is CCCCCCC(C)(C)CC1CC1C(C)C. The summed E-state index contributed by atoms with van der Waals surface area (Å²) in [5.74, 6) is 3.02. The van der Waals surface area contributed by atoms with Gasteiger partial charge in [0.05, 0.1) is 0 Å². The second-order valence-electron chi connectivity index (χ2n) is 7.08. The average molecular weight is 224 g/mol. The number of rotatable bonds is 8. The average Bonchev–Trinajstić information content (AvgIpc) is 2.91. The number of hydrogen-bond acceptors (Lipinski definition) is 0. The van der Waals surface area contributed by atoms with E-state index in [4.69, 9.17) is 0 Å². The van der Waals surface area contributed by atoms with Crippen molar-refractivity contribution in [3.8, 4) is 0 Å². The van der Waals surface area contributed by atoms with Crippen LogP contribution in [0.5, 0.6) is 0 Å². The predicted octanol–water partition coefficient (Wildman–Crippen LogP) is 5.67. The molecule has 1 aliphatic rings. The lowest BCUT2D eigenvalue weighted by molar-refractivity contribution is 0.267. The summed E-state index contributed by atoms with van der Waals surface area (Å²) >= 11 is 0. The molecule has 16 heavy (non-hydrogen) atoms. The van der Waals surface area contributed by atoms with Gasteiger partial charge >= 0.3 is 0 Å². The Balaban J connectivity index is 2.14. The predicted molar refractivity (Wildman–Crippen MR) is 73.6 cm³/mol. The first-order valence-electron chi connectivity index (χ1n) is 7.46.